The van der Waals surface area contributed by atoms with Gasteiger partial charge in [0.25, 0.3) is 0 Å². The molecule has 18 heavy (non-hydrogen) atoms. The van der Waals surface area contributed by atoms with Crippen LogP contribution in [0, 0.1) is 11.8 Å². The molecule has 0 radical (unpaired) electrons. The normalized spacial score (nSPS) is 30.7. The van der Waals surface area contributed by atoms with Crippen LogP contribution in [0.2, 0.25) is 0 Å². The lowest BCUT2D eigenvalue weighted by Crippen LogP contribution is -2.49. The van der Waals surface area contributed by atoms with Gasteiger partial charge in [0.05, 0.1) is 6.61 Å². The molecule has 3 atom stereocenters. The number of ether oxygens (including phenoxy) is 1. The molecular weight excluding hydrogens is 224 g/mol. The average Bonchev–Trinajstić information content (AvgIpc) is 3.18. The van der Waals surface area contributed by atoms with Gasteiger partial charge in [0.2, 0.25) is 0 Å². The Bertz CT molecular complexity index is 243. The molecule has 0 amide bonds. The number of methoxy groups -OCH3 is 1. The van der Waals surface area contributed by atoms with Gasteiger partial charge in [-0.25, -0.2) is 0 Å². The summed E-state index contributed by atoms with van der Waals surface area (Å²) >= 11 is 0. The largest absolute Gasteiger partial charge is 0.383 e. The van der Waals surface area contributed by atoms with Crippen LogP contribution in [0.3, 0.4) is 0 Å². The summed E-state index contributed by atoms with van der Waals surface area (Å²) in [6.45, 7) is 9.13. The predicted molar refractivity (Wildman–Crippen MR) is 75.8 cm³/mol. The second-order valence-electron chi connectivity index (χ2n) is 6.35. The molecule has 1 N–H and O–H groups in total. The Kier molecular flexibility index (Phi) is 5.46. The molecule has 2 fully saturated rings. The first kappa shape index (κ1) is 14.3. The SMILES string of the molecule is COCCN(CC1CC(C)CCN1)C(C)C1CC1. The molecule has 0 bridgehead atoms. The Balaban J connectivity index is 1.82. The van der Waals surface area contributed by atoms with Crippen LogP contribution in [0.25, 0.3) is 0 Å². The van der Waals surface area contributed by atoms with E-state index in [1.165, 1.54) is 38.8 Å². The molecule has 1 saturated heterocycles. The molecule has 1 aliphatic heterocycles. The van der Waals surface area contributed by atoms with Crippen molar-refractivity contribution < 1.29 is 4.74 Å². The third kappa shape index (κ3) is 4.22. The second-order valence-corrected chi connectivity index (χ2v) is 6.35. The molecule has 0 spiro atoms. The van der Waals surface area contributed by atoms with E-state index in [0.717, 1.165) is 31.0 Å². The lowest BCUT2D eigenvalue weighted by Gasteiger charge is -2.36. The summed E-state index contributed by atoms with van der Waals surface area (Å²) < 4.78 is 5.27. The fourth-order valence-electron chi connectivity index (χ4n) is 3.19. The van der Waals surface area contributed by atoms with Crippen LogP contribution in [0.4, 0.5) is 0 Å². The van der Waals surface area contributed by atoms with Gasteiger partial charge >= 0.3 is 0 Å². The molecule has 3 nitrogen and oxygen atoms in total. The van der Waals surface area contributed by atoms with Crippen molar-refractivity contribution >= 4 is 0 Å². The van der Waals surface area contributed by atoms with Crippen molar-refractivity contribution in [1.29, 1.82) is 0 Å². The zero-order valence-corrected chi connectivity index (χ0v) is 12.3. The molecular formula is C15H30N2O. The summed E-state index contributed by atoms with van der Waals surface area (Å²) in [4.78, 5) is 2.65. The van der Waals surface area contributed by atoms with Gasteiger partial charge in [-0.15, -0.1) is 0 Å². The number of nitrogens with zero attached hydrogens (tertiary/aromatic N) is 1. The van der Waals surface area contributed by atoms with Crippen molar-refractivity contribution in [3.63, 3.8) is 0 Å². The number of rotatable bonds is 7. The van der Waals surface area contributed by atoms with Crippen molar-refractivity contribution in [2.75, 3.05) is 33.4 Å². The smallest absolute Gasteiger partial charge is 0.0589 e. The van der Waals surface area contributed by atoms with Gasteiger partial charge in [0.1, 0.15) is 0 Å². The van der Waals surface area contributed by atoms with Gasteiger partial charge < -0.3 is 10.1 Å². The van der Waals surface area contributed by atoms with Gasteiger partial charge in [-0.3, -0.25) is 4.90 Å². The van der Waals surface area contributed by atoms with E-state index in [-0.39, 0.29) is 0 Å². The number of hydrogen-bond acceptors (Lipinski definition) is 3. The van der Waals surface area contributed by atoms with Crippen molar-refractivity contribution in [2.45, 2.75) is 51.6 Å². The molecule has 1 saturated carbocycles. The minimum atomic E-state index is 0.687. The van der Waals surface area contributed by atoms with Crippen LogP contribution in [-0.4, -0.2) is 50.3 Å². The Hall–Kier alpha value is -0.120. The first-order valence-electron chi connectivity index (χ1n) is 7.67. The summed E-state index contributed by atoms with van der Waals surface area (Å²) in [6, 6.07) is 1.42. The van der Waals surface area contributed by atoms with Crippen LogP contribution in [0.1, 0.15) is 39.5 Å². The lowest BCUT2D eigenvalue weighted by molar-refractivity contribution is 0.101. The Morgan fingerprint density at radius 2 is 2.11 bits per heavy atom. The van der Waals surface area contributed by atoms with E-state index in [0.29, 0.717) is 6.04 Å². The Labute approximate surface area is 112 Å². The first-order chi connectivity index (χ1) is 8.70. The van der Waals surface area contributed by atoms with E-state index < -0.39 is 0 Å². The van der Waals surface area contributed by atoms with Gasteiger partial charge in [-0.05, 0) is 51.0 Å². The summed E-state index contributed by atoms with van der Waals surface area (Å²) in [5, 5.41) is 3.69. The van der Waals surface area contributed by atoms with E-state index >= 15 is 0 Å². The molecule has 2 rings (SSSR count). The second kappa shape index (κ2) is 6.88. The maximum atomic E-state index is 5.27. The topological polar surface area (TPSA) is 24.5 Å². The maximum Gasteiger partial charge on any atom is 0.0589 e. The molecule has 3 unspecified atom stereocenters. The highest BCUT2D eigenvalue weighted by molar-refractivity contribution is 4.88. The average molecular weight is 254 g/mol. The quantitative estimate of drug-likeness (QED) is 0.753. The number of hydrogen-bond donors (Lipinski definition) is 1. The minimum absolute atomic E-state index is 0.687. The lowest BCUT2D eigenvalue weighted by atomic mass is 9.93. The molecule has 0 aromatic carbocycles. The Morgan fingerprint density at radius 3 is 2.72 bits per heavy atom. The third-order valence-electron chi connectivity index (χ3n) is 4.67. The third-order valence-corrected chi connectivity index (χ3v) is 4.67. The summed E-state index contributed by atoms with van der Waals surface area (Å²) in [6.07, 6.45) is 5.53. The highest BCUT2D eigenvalue weighted by Crippen LogP contribution is 2.35. The van der Waals surface area contributed by atoms with Crippen LogP contribution >= 0.6 is 0 Å². The van der Waals surface area contributed by atoms with Crippen LogP contribution in [-0.2, 0) is 4.74 Å². The fourth-order valence-corrected chi connectivity index (χ4v) is 3.19. The number of piperidine rings is 1. The molecule has 0 aromatic rings. The van der Waals surface area contributed by atoms with Gasteiger partial charge in [0.15, 0.2) is 0 Å². The standard InChI is InChI=1S/C15H30N2O/c1-12-6-7-16-15(10-12)11-17(8-9-18-3)13(2)14-4-5-14/h12-16H,4-11H2,1-3H3. The Morgan fingerprint density at radius 1 is 1.33 bits per heavy atom. The summed E-state index contributed by atoms with van der Waals surface area (Å²) in [7, 11) is 1.81. The monoisotopic (exact) mass is 254 g/mol. The van der Waals surface area contributed by atoms with E-state index in [1.54, 1.807) is 7.11 Å². The van der Waals surface area contributed by atoms with Crippen molar-refractivity contribution in [1.82, 2.24) is 10.2 Å². The fraction of sp³-hybridized carbons (Fsp3) is 1.00. The van der Waals surface area contributed by atoms with Crippen molar-refractivity contribution in [3.8, 4) is 0 Å². The number of nitrogens with one attached hydrogen (secondary N) is 1. The molecule has 3 heteroatoms. The van der Waals surface area contributed by atoms with Crippen molar-refractivity contribution in [2.24, 2.45) is 11.8 Å². The van der Waals surface area contributed by atoms with Gasteiger partial charge in [-0.1, -0.05) is 6.92 Å². The van der Waals surface area contributed by atoms with Crippen LogP contribution < -0.4 is 5.32 Å². The zero-order valence-electron chi connectivity index (χ0n) is 12.3. The molecule has 2 aliphatic rings. The molecule has 106 valence electrons. The van der Waals surface area contributed by atoms with E-state index in [4.69, 9.17) is 4.74 Å². The highest BCUT2D eigenvalue weighted by Gasteiger charge is 2.33. The van der Waals surface area contributed by atoms with E-state index in [9.17, 15) is 0 Å². The van der Waals surface area contributed by atoms with Gasteiger partial charge in [-0.2, -0.15) is 0 Å². The zero-order chi connectivity index (χ0) is 13.0. The first-order valence-corrected chi connectivity index (χ1v) is 7.67. The van der Waals surface area contributed by atoms with Gasteiger partial charge in [0, 0.05) is 32.3 Å². The summed E-state index contributed by atoms with van der Waals surface area (Å²) in [5.74, 6) is 1.83. The van der Waals surface area contributed by atoms with Crippen LogP contribution in [0.15, 0.2) is 0 Å². The van der Waals surface area contributed by atoms with E-state index in [2.05, 4.69) is 24.1 Å². The minimum Gasteiger partial charge on any atom is -0.383 e. The molecule has 1 aliphatic carbocycles. The van der Waals surface area contributed by atoms with E-state index in [1.807, 2.05) is 0 Å². The summed E-state index contributed by atoms with van der Waals surface area (Å²) in [5.41, 5.74) is 0. The predicted octanol–water partition coefficient (Wildman–Crippen LogP) is 2.12. The van der Waals surface area contributed by atoms with Crippen molar-refractivity contribution in [3.05, 3.63) is 0 Å². The van der Waals surface area contributed by atoms with Crippen LogP contribution in [0.5, 0.6) is 0 Å². The highest BCUT2D eigenvalue weighted by atomic mass is 16.5. The maximum absolute atomic E-state index is 5.27. The molecule has 1 heterocycles. The molecule has 0 aromatic heterocycles.